The van der Waals surface area contributed by atoms with Crippen LogP contribution in [0, 0.1) is 23.2 Å². The first-order chi connectivity index (χ1) is 14.5. The summed E-state index contributed by atoms with van der Waals surface area (Å²) < 4.78 is 10.9. The Labute approximate surface area is 178 Å². The maximum absolute atomic E-state index is 12.5. The molecule has 6 nitrogen and oxygen atoms in total. The second-order valence-electron chi connectivity index (χ2n) is 9.46. The lowest BCUT2D eigenvalue weighted by atomic mass is 9.49. The summed E-state index contributed by atoms with van der Waals surface area (Å²) >= 11 is 0. The lowest BCUT2D eigenvalue weighted by Crippen LogP contribution is -2.50. The van der Waals surface area contributed by atoms with Crippen molar-refractivity contribution in [2.45, 2.75) is 51.4 Å². The van der Waals surface area contributed by atoms with Gasteiger partial charge < -0.3 is 9.47 Å². The van der Waals surface area contributed by atoms with E-state index in [1.165, 1.54) is 38.5 Å². The lowest BCUT2D eigenvalue weighted by molar-refractivity contribution is -0.134. The Bertz CT molecular complexity index is 784. The number of amides is 2. The van der Waals surface area contributed by atoms with E-state index in [2.05, 4.69) is 17.4 Å². The van der Waals surface area contributed by atoms with Crippen LogP contribution in [0.3, 0.4) is 0 Å². The van der Waals surface area contributed by atoms with Gasteiger partial charge in [0.05, 0.1) is 7.11 Å². The third-order valence-corrected chi connectivity index (χ3v) is 7.01. The van der Waals surface area contributed by atoms with E-state index in [9.17, 15) is 9.59 Å². The fourth-order valence-corrected chi connectivity index (χ4v) is 6.33. The highest BCUT2D eigenvalue weighted by Gasteiger charge is 2.51. The molecular formula is C24H32N2O4. The average Bonchev–Trinajstić information content (AvgIpc) is 2.70. The van der Waals surface area contributed by atoms with E-state index in [1.807, 2.05) is 18.2 Å². The first-order valence-corrected chi connectivity index (χ1v) is 11.0. The second kappa shape index (κ2) is 8.70. The molecule has 0 heterocycles. The van der Waals surface area contributed by atoms with E-state index in [0.717, 1.165) is 29.7 Å². The minimum absolute atomic E-state index is 0.100. The predicted octanol–water partition coefficient (Wildman–Crippen LogP) is 3.56. The molecule has 4 bridgehead atoms. The van der Waals surface area contributed by atoms with Crippen LogP contribution in [-0.4, -0.2) is 25.5 Å². The van der Waals surface area contributed by atoms with Gasteiger partial charge in [-0.25, -0.2) is 0 Å². The molecule has 0 aliphatic heterocycles. The number of rotatable bonds is 8. The molecule has 30 heavy (non-hydrogen) atoms. The summed E-state index contributed by atoms with van der Waals surface area (Å²) in [6.07, 6.45) is 10.6. The Morgan fingerprint density at radius 2 is 1.70 bits per heavy atom. The number of carbonyl (C=O) groups is 2. The molecule has 0 aromatic heterocycles. The maximum Gasteiger partial charge on any atom is 0.276 e. The van der Waals surface area contributed by atoms with Gasteiger partial charge in [0, 0.05) is 6.42 Å². The molecule has 0 saturated heterocycles. The van der Waals surface area contributed by atoms with Crippen LogP contribution in [0.25, 0.3) is 0 Å². The van der Waals surface area contributed by atoms with Crippen LogP contribution in [0.1, 0.15) is 50.5 Å². The first-order valence-electron chi connectivity index (χ1n) is 11.0. The summed E-state index contributed by atoms with van der Waals surface area (Å²) in [6.45, 7) is 3.53. The standard InChI is InChI=1S/C24H32N2O4/c1-3-4-16-5-6-20(21(10-16)29-2)30-15-23(28)26-25-22(27)14-24-11-17-7-18(12-24)9-19(8-17)13-24/h3,5-6,10,17-19H,1,4,7-9,11-15H2,2H3,(H,25,27)(H,26,28). The molecule has 0 atom stereocenters. The van der Waals surface area contributed by atoms with E-state index >= 15 is 0 Å². The van der Waals surface area contributed by atoms with Gasteiger partial charge in [-0.15, -0.1) is 6.58 Å². The van der Waals surface area contributed by atoms with Gasteiger partial charge >= 0.3 is 0 Å². The van der Waals surface area contributed by atoms with E-state index in [1.54, 1.807) is 13.2 Å². The van der Waals surface area contributed by atoms with Crippen LogP contribution in [0.4, 0.5) is 0 Å². The minimum atomic E-state index is -0.397. The quantitative estimate of drug-likeness (QED) is 0.506. The summed E-state index contributed by atoms with van der Waals surface area (Å²) in [5.41, 5.74) is 6.28. The van der Waals surface area contributed by atoms with Crippen LogP contribution >= 0.6 is 0 Å². The zero-order valence-corrected chi connectivity index (χ0v) is 17.7. The van der Waals surface area contributed by atoms with E-state index in [0.29, 0.717) is 17.9 Å². The van der Waals surface area contributed by atoms with Gasteiger partial charge in [-0.05, 0) is 85.8 Å². The number of hydrogen-bond acceptors (Lipinski definition) is 4. The average molecular weight is 413 g/mol. The molecule has 5 rings (SSSR count). The molecule has 2 amide bonds. The zero-order chi connectivity index (χ0) is 21.1. The third-order valence-electron chi connectivity index (χ3n) is 7.01. The van der Waals surface area contributed by atoms with Gasteiger partial charge in [0.1, 0.15) is 0 Å². The number of nitrogens with one attached hydrogen (secondary N) is 2. The highest BCUT2D eigenvalue weighted by Crippen LogP contribution is 2.61. The van der Waals surface area contributed by atoms with E-state index in [4.69, 9.17) is 9.47 Å². The van der Waals surface area contributed by atoms with Crippen molar-refractivity contribution in [3.63, 3.8) is 0 Å². The molecule has 162 valence electrons. The minimum Gasteiger partial charge on any atom is -0.493 e. The van der Waals surface area contributed by atoms with Gasteiger partial charge in [0.2, 0.25) is 5.91 Å². The number of allylic oxidation sites excluding steroid dienone is 1. The molecule has 6 heteroatoms. The Hall–Kier alpha value is -2.50. The largest absolute Gasteiger partial charge is 0.493 e. The van der Waals surface area contributed by atoms with Gasteiger partial charge in [0.25, 0.3) is 5.91 Å². The fourth-order valence-electron chi connectivity index (χ4n) is 6.33. The molecule has 0 radical (unpaired) electrons. The summed E-state index contributed by atoms with van der Waals surface area (Å²) in [7, 11) is 1.56. The van der Waals surface area contributed by atoms with Crippen molar-refractivity contribution in [1.29, 1.82) is 0 Å². The van der Waals surface area contributed by atoms with Crippen molar-refractivity contribution >= 4 is 11.8 Å². The van der Waals surface area contributed by atoms with Gasteiger partial charge in [0.15, 0.2) is 18.1 Å². The van der Waals surface area contributed by atoms with Crippen LogP contribution in [-0.2, 0) is 16.0 Å². The van der Waals surface area contributed by atoms with E-state index < -0.39 is 5.91 Å². The molecule has 4 aliphatic carbocycles. The lowest BCUT2D eigenvalue weighted by Gasteiger charge is -2.56. The third kappa shape index (κ3) is 4.63. The molecule has 0 spiro atoms. The Kier molecular flexibility index (Phi) is 6.02. The van der Waals surface area contributed by atoms with Crippen molar-refractivity contribution in [2.75, 3.05) is 13.7 Å². The topological polar surface area (TPSA) is 76.7 Å². The van der Waals surface area contributed by atoms with Crippen molar-refractivity contribution in [2.24, 2.45) is 23.2 Å². The second-order valence-corrected chi connectivity index (χ2v) is 9.46. The van der Waals surface area contributed by atoms with Crippen molar-refractivity contribution in [1.82, 2.24) is 10.9 Å². The first kappa shape index (κ1) is 20.8. The molecule has 1 aromatic carbocycles. The smallest absolute Gasteiger partial charge is 0.276 e. The summed E-state index contributed by atoms with van der Waals surface area (Å²) in [5.74, 6) is 2.97. The van der Waals surface area contributed by atoms with Crippen molar-refractivity contribution in [3.8, 4) is 11.5 Å². The number of ether oxygens (including phenoxy) is 2. The molecular weight excluding hydrogens is 380 g/mol. The summed E-state index contributed by atoms with van der Waals surface area (Å²) in [5, 5.41) is 0. The number of benzene rings is 1. The normalized spacial score (nSPS) is 28.6. The molecule has 2 N–H and O–H groups in total. The fraction of sp³-hybridized carbons (Fsp3) is 0.583. The monoisotopic (exact) mass is 412 g/mol. The molecule has 4 saturated carbocycles. The summed E-state index contributed by atoms with van der Waals surface area (Å²) in [6, 6.07) is 5.55. The maximum atomic E-state index is 12.5. The highest BCUT2D eigenvalue weighted by molar-refractivity contribution is 5.83. The summed E-state index contributed by atoms with van der Waals surface area (Å²) in [4.78, 5) is 24.7. The van der Waals surface area contributed by atoms with Crippen LogP contribution in [0.2, 0.25) is 0 Å². The Balaban J connectivity index is 1.23. The zero-order valence-electron chi connectivity index (χ0n) is 17.7. The van der Waals surface area contributed by atoms with E-state index in [-0.39, 0.29) is 17.9 Å². The predicted molar refractivity (Wildman–Crippen MR) is 114 cm³/mol. The molecule has 1 aromatic rings. The molecule has 4 fully saturated rings. The number of methoxy groups -OCH3 is 1. The highest BCUT2D eigenvalue weighted by atomic mass is 16.5. The Morgan fingerprint density at radius 3 is 2.30 bits per heavy atom. The number of carbonyl (C=O) groups excluding carboxylic acids is 2. The SMILES string of the molecule is C=CCc1ccc(OCC(=O)NNC(=O)CC23CC4CC(CC(C4)C2)C3)c(OC)c1. The Morgan fingerprint density at radius 1 is 1.07 bits per heavy atom. The number of hydrazine groups is 1. The van der Waals surface area contributed by atoms with Gasteiger partial charge in [-0.2, -0.15) is 0 Å². The molecule has 4 aliphatic rings. The van der Waals surface area contributed by atoms with Crippen molar-refractivity contribution in [3.05, 3.63) is 36.4 Å². The number of hydrogen-bond donors (Lipinski definition) is 2. The van der Waals surface area contributed by atoms with Gasteiger partial charge in [-0.1, -0.05) is 12.1 Å². The van der Waals surface area contributed by atoms with Crippen LogP contribution in [0.15, 0.2) is 30.9 Å². The van der Waals surface area contributed by atoms with Crippen LogP contribution < -0.4 is 20.3 Å². The van der Waals surface area contributed by atoms with Crippen LogP contribution in [0.5, 0.6) is 11.5 Å². The van der Waals surface area contributed by atoms with Gasteiger partial charge in [-0.3, -0.25) is 20.4 Å². The molecule has 0 unspecified atom stereocenters. The van der Waals surface area contributed by atoms with Crippen molar-refractivity contribution < 1.29 is 19.1 Å².